The van der Waals surface area contributed by atoms with Gasteiger partial charge in [-0.3, -0.25) is 0 Å². The molecule has 0 bridgehead atoms. The van der Waals surface area contributed by atoms with Gasteiger partial charge < -0.3 is 4.90 Å². The van der Waals surface area contributed by atoms with Gasteiger partial charge in [0, 0.05) is 16.9 Å². The Labute approximate surface area is 354 Å². The second-order valence-corrected chi connectivity index (χ2v) is 18.3. The van der Waals surface area contributed by atoms with E-state index in [2.05, 4.69) is 233 Å². The van der Waals surface area contributed by atoms with Gasteiger partial charge in [-0.1, -0.05) is 191 Å². The van der Waals surface area contributed by atoms with Crippen LogP contribution in [0.4, 0.5) is 17.1 Å². The Morgan fingerprint density at radius 2 is 0.933 bits per heavy atom. The van der Waals surface area contributed by atoms with E-state index in [1.807, 2.05) is 0 Å². The fourth-order valence-electron chi connectivity index (χ4n) is 11.0. The van der Waals surface area contributed by atoms with Crippen LogP contribution in [0.15, 0.2) is 200 Å². The maximum Gasteiger partial charge on any atom is 0.0714 e. The lowest BCUT2D eigenvalue weighted by molar-refractivity contribution is 0.333. The highest BCUT2D eigenvalue weighted by Gasteiger charge is 2.47. The van der Waals surface area contributed by atoms with Gasteiger partial charge in [0.15, 0.2) is 0 Å². The molecule has 11 rings (SSSR count). The molecule has 0 saturated carbocycles. The fraction of sp³-hybridized carbons (Fsp3) is 0.153. The summed E-state index contributed by atoms with van der Waals surface area (Å²) in [6.07, 6.45) is 2.30. The van der Waals surface area contributed by atoms with Crippen LogP contribution < -0.4 is 4.90 Å². The number of anilines is 3. The lowest BCUT2D eigenvalue weighted by Crippen LogP contribution is -2.34. The Hall–Kier alpha value is -6.70. The van der Waals surface area contributed by atoms with Gasteiger partial charge in [-0.25, -0.2) is 0 Å². The van der Waals surface area contributed by atoms with Gasteiger partial charge in [0.25, 0.3) is 0 Å². The van der Waals surface area contributed by atoms with Crippen LogP contribution in [-0.2, 0) is 16.2 Å². The smallest absolute Gasteiger partial charge is 0.0714 e. The molecule has 9 aromatic carbocycles. The summed E-state index contributed by atoms with van der Waals surface area (Å²) in [5.74, 6) is 0. The monoisotopic (exact) mass is 771 g/mol. The van der Waals surface area contributed by atoms with Gasteiger partial charge in [-0.05, 0) is 132 Å². The summed E-state index contributed by atoms with van der Waals surface area (Å²) in [6.45, 7) is 9.81. The molecule has 2 aliphatic rings. The first-order valence-corrected chi connectivity index (χ1v) is 21.6. The maximum absolute atomic E-state index is 2.57. The predicted octanol–water partition coefficient (Wildman–Crippen LogP) is 15.8. The Kier molecular flexibility index (Phi) is 8.30. The van der Waals surface area contributed by atoms with Crippen LogP contribution in [0.5, 0.6) is 0 Å². The molecule has 2 aliphatic carbocycles. The molecule has 0 saturated heterocycles. The lowest BCUT2D eigenvalue weighted by Gasteiger charge is -2.43. The minimum Gasteiger partial charge on any atom is -0.310 e. The summed E-state index contributed by atoms with van der Waals surface area (Å²) in [6, 6.07) is 75.2. The first-order chi connectivity index (χ1) is 29.3. The van der Waals surface area contributed by atoms with Crippen LogP contribution in [0.1, 0.15) is 73.9 Å². The van der Waals surface area contributed by atoms with E-state index < -0.39 is 5.41 Å². The Morgan fingerprint density at radius 1 is 0.367 bits per heavy atom. The summed E-state index contributed by atoms with van der Waals surface area (Å²) >= 11 is 0. The van der Waals surface area contributed by atoms with Gasteiger partial charge in [-0.2, -0.15) is 0 Å². The van der Waals surface area contributed by atoms with Gasteiger partial charge in [0.1, 0.15) is 0 Å². The summed E-state index contributed by atoms with van der Waals surface area (Å²) in [4.78, 5) is 2.54. The standard InChI is InChI=1S/C59H49N/c1-57(2)35-36-58(3,4)56-48(28-18-30-53(56)57)51-38-50-47-27-16-17-29-52(47)59(42-20-8-5-9-21-42,43-22-10-6-11-23-43)54(50)39-55(51)60(44-24-12-7-13-25-44)45-34-33-41-32-31-40-19-14-15-26-46(40)49(41)37-45/h5-34,37-39H,35-36H2,1-4H3. The van der Waals surface area contributed by atoms with Gasteiger partial charge in [-0.15, -0.1) is 0 Å². The molecule has 290 valence electrons. The average molecular weight is 772 g/mol. The Morgan fingerprint density at radius 3 is 1.67 bits per heavy atom. The number of nitrogens with zero attached hydrogens (tertiary/aromatic N) is 1. The molecule has 0 fully saturated rings. The molecule has 0 N–H and O–H groups in total. The highest BCUT2D eigenvalue weighted by molar-refractivity contribution is 6.09. The van der Waals surface area contributed by atoms with Crippen molar-refractivity contribution < 1.29 is 0 Å². The van der Waals surface area contributed by atoms with Crippen molar-refractivity contribution in [2.45, 2.75) is 56.8 Å². The molecule has 0 atom stereocenters. The number of fused-ring (bicyclic) bond motifs is 7. The van der Waals surface area contributed by atoms with E-state index in [1.54, 1.807) is 0 Å². The third-order valence-corrected chi connectivity index (χ3v) is 14.0. The van der Waals surface area contributed by atoms with Gasteiger partial charge in [0.2, 0.25) is 0 Å². The summed E-state index contributed by atoms with van der Waals surface area (Å²) in [7, 11) is 0. The topological polar surface area (TPSA) is 3.24 Å². The van der Waals surface area contributed by atoms with Crippen molar-refractivity contribution in [3.63, 3.8) is 0 Å². The number of rotatable bonds is 6. The van der Waals surface area contributed by atoms with Crippen LogP contribution in [-0.4, -0.2) is 0 Å². The van der Waals surface area contributed by atoms with Gasteiger partial charge >= 0.3 is 0 Å². The van der Waals surface area contributed by atoms with E-state index >= 15 is 0 Å². The van der Waals surface area contributed by atoms with Crippen LogP contribution in [0.25, 0.3) is 43.8 Å². The highest BCUT2D eigenvalue weighted by atomic mass is 15.1. The summed E-state index contributed by atoms with van der Waals surface area (Å²) in [5.41, 5.74) is 16.2. The molecule has 1 heteroatoms. The zero-order chi connectivity index (χ0) is 40.6. The number of para-hydroxylation sites is 1. The van der Waals surface area contributed by atoms with Crippen molar-refractivity contribution >= 4 is 38.6 Å². The molecule has 1 nitrogen and oxygen atoms in total. The summed E-state index contributed by atoms with van der Waals surface area (Å²) < 4.78 is 0. The van der Waals surface area contributed by atoms with E-state index in [1.165, 1.54) is 89.3 Å². The SMILES string of the molecule is CC1(C)CCC(C)(C)c2c(-c3cc4c(cc3N(c3ccccc3)c3ccc5ccc6ccccc6c5c3)C(c3ccccc3)(c3ccccc3)c3ccccc3-4)cccc21. The zero-order valence-corrected chi connectivity index (χ0v) is 34.9. The quantitative estimate of drug-likeness (QED) is 0.152. The van der Waals surface area contributed by atoms with Crippen molar-refractivity contribution in [3.05, 3.63) is 234 Å². The first kappa shape index (κ1) is 36.4. The van der Waals surface area contributed by atoms with E-state index in [4.69, 9.17) is 0 Å². The number of hydrogen-bond donors (Lipinski definition) is 0. The van der Waals surface area contributed by atoms with Crippen molar-refractivity contribution in [3.8, 4) is 22.3 Å². The van der Waals surface area contributed by atoms with E-state index in [9.17, 15) is 0 Å². The minimum atomic E-state index is -0.541. The average Bonchev–Trinajstić information content (AvgIpc) is 3.58. The predicted molar refractivity (Wildman–Crippen MR) is 254 cm³/mol. The molecule has 0 aromatic heterocycles. The number of benzene rings is 9. The minimum absolute atomic E-state index is 0.00703. The van der Waals surface area contributed by atoms with E-state index in [0.717, 1.165) is 17.8 Å². The van der Waals surface area contributed by atoms with Crippen LogP contribution in [0, 0.1) is 0 Å². The third-order valence-electron chi connectivity index (χ3n) is 14.0. The van der Waals surface area contributed by atoms with Crippen molar-refractivity contribution in [1.82, 2.24) is 0 Å². The van der Waals surface area contributed by atoms with Crippen LogP contribution in [0.2, 0.25) is 0 Å². The molecule has 0 heterocycles. The zero-order valence-electron chi connectivity index (χ0n) is 34.9. The molecule has 9 aromatic rings. The molecular formula is C59H49N. The van der Waals surface area contributed by atoms with Crippen molar-refractivity contribution in [2.75, 3.05) is 4.90 Å². The summed E-state index contributed by atoms with van der Waals surface area (Å²) in [5, 5.41) is 5.01. The molecule has 0 spiro atoms. The van der Waals surface area contributed by atoms with Gasteiger partial charge in [0.05, 0.1) is 11.1 Å². The normalized spacial score (nSPS) is 15.6. The molecule has 0 radical (unpaired) electrons. The van der Waals surface area contributed by atoms with Crippen molar-refractivity contribution in [2.24, 2.45) is 0 Å². The molecule has 0 amide bonds. The maximum atomic E-state index is 2.57. The third kappa shape index (κ3) is 5.45. The van der Waals surface area contributed by atoms with E-state index in [0.29, 0.717) is 0 Å². The molecule has 0 unspecified atom stereocenters. The Balaban J connectivity index is 1.31. The van der Waals surface area contributed by atoms with Crippen LogP contribution in [0.3, 0.4) is 0 Å². The Bertz CT molecular complexity index is 3040. The molecular weight excluding hydrogens is 723 g/mol. The lowest BCUT2D eigenvalue weighted by atomic mass is 9.61. The second kappa shape index (κ2) is 13.7. The second-order valence-electron chi connectivity index (χ2n) is 18.3. The largest absolute Gasteiger partial charge is 0.310 e. The molecule has 0 aliphatic heterocycles. The molecule has 60 heavy (non-hydrogen) atoms. The fourth-order valence-corrected chi connectivity index (χ4v) is 11.0. The highest BCUT2D eigenvalue weighted by Crippen LogP contribution is 2.60. The van der Waals surface area contributed by atoms with E-state index in [-0.39, 0.29) is 10.8 Å². The van der Waals surface area contributed by atoms with Crippen LogP contribution >= 0.6 is 0 Å². The van der Waals surface area contributed by atoms with Crippen molar-refractivity contribution in [1.29, 1.82) is 0 Å². The first-order valence-electron chi connectivity index (χ1n) is 21.6. The number of hydrogen-bond acceptors (Lipinski definition) is 1.